The van der Waals surface area contributed by atoms with Crippen molar-refractivity contribution in [3.8, 4) is 0 Å². The van der Waals surface area contributed by atoms with E-state index in [9.17, 15) is 4.79 Å². The fourth-order valence-corrected chi connectivity index (χ4v) is 2.80. The topological polar surface area (TPSA) is 30.0 Å². The number of hydrogen-bond acceptors (Lipinski definition) is 3. The van der Waals surface area contributed by atoms with E-state index in [4.69, 9.17) is 11.6 Å². The average molecular weight is 280 g/mol. The number of carbonyl (C=O) groups is 1. The predicted octanol–water partition coefficient (Wildman–Crippen LogP) is 4.23. The maximum absolute atomic E-state index is 12.0. The molecule has 2 nitrogen and oxygen atoms in total. The van der Waals surface area contributed by atoms with Gasteiger partial charge in [-0.2, -0.15) is 0 Å². The molecule has 0 atom stereocenters. The highest BCUT2D eigenvalue weighted by Gasteiger charge is 2.09. The van der Waals surface area contributed by atoms with Gasteiger partial charge >= 0.3 is 0 Å². The van der Waals surface area contributed by atoms with Crippen molar-refractivity contribution in [2.45, 2.75) is 26.7 Å². The zero-order valence-corrected chi connectivity index (χ0v) is 11.9. The van der Waals surface area contributed by atoms with Gasteiger partial charge in [-0.15, -0.1) is 11.3 Å². The summed E-state index contributed by atoms with van der Waals surface area (Å²) in [5.74, 6) is 0.114. The molecular formula is C14H14ClNOS. The molecule has 0 N–H and O–H groups in total. The molecule has 2 rings (SSSR count). The van der Waals surface area contributed by atoms with Crippen molar-refractivity contribution < 1.29 is 4.79 Å². The van der Waals surface area contributed by atoms with Crippen molar-refractivity contribution in [1.82, 2.24) is 4.98 Å². The second kappa shape index (κ2) is 5.63. The van der Waals surface area contributed by atoms with Gasteiger partial charge in [0.2, 0.25) is 0 Å². The molecule has 4 heteroatoms. The number of thiazole rings is 1. The number of halogens is 1. The summed E-state index contributed by atoms with van der Waals surface area (Å²) in [6.45, 7) is 4.05. The third-order valence-electron chi connectivity index (χ3n) is 2.79. The van der Waals surface area contributed by atoms with Crippen molar-refractivity contribution in [1.29, 1.82) is 0 Å². The molecule has 1 aromatic carbocycles. The standard InChI is InChI=1S/C14H14ClNOS/c1-9-10(2)18-14(16-9)7-6-13(17)11-4-3-5-12(15)8-11/h3-5,8H,6-7H2,1-2H3. The molecular weight excluding hydrogens is 266 g/mol. The largest absolute Gasteiger partial charge is 0.294 e. The van der Waals surface area contributed by atoms with E-state index in [2.05, 4.69) is 11.9 Å². The second-order valence-electron chi connectivity index (χ2n) is 4.18. The van der Waals surface area contributed by atoms with Crippen LogP contribution in [0.15, 0.2) is 24.3 Å². The molecule has 0 saturated heterocycles. The molecule has 0 radical (unpaired) electrons. The molecule has 1 heterocycles. The Morgan fingerprint density at radius 1 is 1.39 bits per heavy atom. The lowest BCUT2D eigenvalue weighted by atomic mass is 10.1. The molecule has 2 aromatic rings. The lowest BCUT2D eigenvalue weighted by Crippen LogP contribution is -2.00. The van der Waals surface area contributed by atoms with Crippen LogP contribution in [-0.2, 0) is 6.42 Å². The first-order chi connectivity index (χ1) is 8.56. The lowest BCUT2D eigenvalue weighted by Gasteiger charge is -2.00. The van der Waals surface area contributed by atoms with Crippen LogP contribution >= 0.6 is 22.9 Å². The van der Waals surface area contributed by atoms with Crippen LogP contribution in [0.3, 0.4) is 0 Å². The molecule has 0 fully saturated rings. The van der Waals surface area contributed by atoms with Crippen LogP contribution in [0.4, 0.5) is 0 Å². The first-order valence-corrected chi connectivity index (χ1v) is 6.97. The van der Waals surface area contributed by atoms with E-state index in [1.54, 1.807) is 35.6 Å². The summed E-state index contributed by atoms with van der Waals surface area (Å²) in [7, 11) is 0. The maximum atomic E-state index is 12.0. The van der Waals surface area contributed by atoms with E-state index in [0.717, 1.165) is 10.7 Å². The van der Waals surface area contributed by atoms with Crippen LogP contribution in [0, 0.1) is 13.8 Å². The average Bonchev–Trinajstić information content (AvgIpc) is 2.66. The van der Waals surface area contributed by atoms with Gasteiger partial charge in [-0.1, -0.05) is 23.7 Å². The third kappa shape index (κ3) is 3.18. The van der Waals surface area contributed by atoms with Gasteiger partial charge in [-0.05, 0) is 26.0 Å². The molecule has 0 amide bonds. The van der Waals surface area contributed by atoms with Gasteiger partial charge < -0.3 is 0 Å². The zero-order chi connectivity index (χ0) is 13.1. The first kappa shape index (κ1) is 13.2. The number of Topliss-reactive ketones (excluding diaryl/α,β-unsaturated/α-hetero) is 1. The Bertz CT molecular complexity index is 557. The number of benzene rings is 1. The summed E-state index contributed by atoms with van der Waals surface area (Å²) in [5, 5.41) is 1.63. The van der Waals surface area contributed by atoms with Gasteiger partial charge in [0.1, 0.15) is 0 Å². The van der Waals surface area contributed by atoms with Gasteiger partial charge in [0.05, 0.1) is 10.7 Å². The summed E-state index contributed by atoms with van der Waals surface area (Å²) in [4.78, 5) is 17.6. The molecule has 1 aromatic heterocycles. The molecule has 18 heavy (non-hydrogen) atoms. The Balaban J connectivity index is 2.00. The van der Waals surface area contributed by atoms with E-state index in [0.29, 0.717) is 23.4 Å². The lowest BCUT2D eigenvalue weighted by molar-refractivity contribution is 0.0983. The molecule has 94 valence electrons. The Morgan fingerprint density at radius 3 is 2.78 bits per heavy atom. The molecule has 0 unspecified atom stereocenters. The fraction of sp³-hybridized carbons (Fsp3) is 0.286. The minimum absolute atomic E-state index is 0.114. The normalized spacial score (nSPS) is 10.6. The van der Waals surface area contributed by atoms with Gasteiger partial charge in [-0.25, -0.2) is 4.98 Å². The van der Waals surface area contributed by atoms with Crippen LogP contribution in [0.25, 0.3) is 0 Å². The minimum atomic E-state index is 0.114. The minimum Gasteiger partial charge on any atom is -0.294 e. The molecule has 0 saturated carbocycles. The maximum Gasteiger partial charge on any atom is 0.163 e. The van der Waals surface area contributed by atoms with Crippen LogP contribution < -0.4 is 0 Å². The Labute approximate surface area is 116 Å². The summed E-state index contributed by atoms with van der Waals surface area (Å²) in [6, 6.07) is 7.08. The molecule has 0 spiro atoms. The Hall–Kier alpha value is -1.19. The SMILES string of the molecule is Cc1nc(CCC(=O)c2cccc(Cl)c2)sc1C. The summed E-state index contributed by atoms with van der Waals surface area (Å²) in [5.41, 5.74) is 1.73. The molecule has 0 aliphatic rings. The second-order valence-corrected chi connectivity index (χ2v) is 5.91. The first-order valence-electron chi connectivity index (χ1n) is 5.78. The number of ketones is 1. The van der Waals surface area contributed by atoms with Gasteiger partial charge in [0.15, 0.2) is 5.78 Å². The zero-order valence-electron chi connectivity index (χ0n) is 10.4. The van der Waals surface area contributed by atoms with Crippen LogP contribution in [0.5, 0.6) is 0 Å². The summed E-state index contributed by atoms with van der Waals surface area (Å²) < 4.78 is 0. The van der Waals surface area contributed by atoms with Crippen molar-refractivity contribution in [3.05, 3.63) is 50.4 Å². The van der Waals surface area contributed by atoms with Crippen LogP contribution in [0.1, 0.15) is 32.4 Å². The van der Waals surface area contributed by atoms with Crippen molar-refractivity contribution in [3.63, 3.8) is 0 Å². The van der Waals surface area contributed by atoms with Gasteiger partial charge in [0.25, 0.3) is 0 Å². The van der Waals surface area contributed by atoms with Crippen molar-refractivity contribution >= 4 is 28.7 Å². The van der Waals surface area contributed by atoms with E-state index in [1.807, 2.05) is 6.92 Å². The van der Waals surface area contributed by atoms with Crippen molar-refractivity contribution in [2.24, 2.45) is 0 Å². The summed E-state index contributed by atoms with van der Waals surface area (Å²) in [6.07, 6.45) is 1.18. The van der Waals surface area contributed by atoms with Crippen molar-refractivity contribution in [2.75, 3.05) is 0 Å². The van der Waals surface area contributed by atoms with E-state index >= 15 is 0 Å². The van der Waals surface area contributed by atoms with Gasteiger partial charge in [0, 0.05) is 28.3 Å². The number of carbonyl (C=O) groups excluding carboxylic acids is 1. The Morgan fingerprint density at radius 2 is 2.17 bits per heavy atom. The highest BCUT2D eigenvalue weighted by Crippen LogP contribution is 2.19. The smallest absolute Gasteiger partial charge is 0.163 e. The van der Waals surface area contributed by atoms with E-state index < -0.39 is 0 Å². The highest BCUT2D eigenvalue weighted by molar-refractivity contribution is 7.11. The number of rotatable bonds is 4. The Kier molecular flexibility index (Phi) is 4.15. The fourth-order valence-electron chi connectivity index (χ4n) is 1.67. The van der Waals surface area contributed by atoms with Crippen LogP contribution in [0.2, 0.25) is 5.02 Å². The highest BCUT2D eigenvalue weighted by atomic mass is 35.5. The van der Waals surface area contributed by atoms with Gasteiger partial charge in [-0.3, -0.25) is 4.79 Å². The molecule has 0 bridgehead atoms. The number of hydrogen-bond donors (Lipinski definition) is 0. The van der Waals surface area contributed by atoms with Crippen LogP contribution in [-0.4, -0.2) is 10.8 Å². The van der Waals surface area contributed by atoms with E-state index in [1.165, 1.54) is 4.88 Å². The van der Waals surface area contributed by atoms with E-state index in [-0.39, 0.29) is 5.78 Å². The summed E-state index contributed by atoms with van der Waals surface area (Å²) >= 11 is 7.53. The quantitative estimate of drug-likeness (QED) is 0.784. The predicted molar refractivity (Wildman–Crippen MR) is 75.7 cm³/mol. The number of aryl methyl sites for hydroxylation is 3. The third-order valence-corrected chi connectivity index (χ3v) is 4.15. The number of aromatic nitrogens is 1. The monoisotopic (exact) mass is 279 g/mol. The molecule has 0 aliphatic carbocycles. The molecule has 0 aliphatic heterocycles. The number of nitrogens with zero attached hydrogens (tertiary/aromatic N) is 1.